The molecule has 90 valence electrons. The Morgan fingerprint density at radius 2 is 2.47 bits per heavy atom. The van der Waals surface area contributed by atoms with Gasteiger partial charge in [-0.2, -0.15) is 0 Å². The fourth-order valence-electron chi connectivity index (χ4n) is 1.96. The van der Waals surface area contributed by atoms with Gasteiger partial charge in [0.2, 0.25) is 0 Å². The van der Waals surface area contributed by atoms with Crippen LogP contribution in [0.25, 0.3) is 0 Å². The van der Waals surface area contributed by atoms with Gasteiger partial charge in [-0.3, -0.25) is 0 Å². The molecule has 0 saturated heterocycles. The lowest BCUT2D eigenvalue weighted by atomic mass is 10.0. The van der Waals surface area contributed by atoms with Crippen LogP contribution in [0.1, 0.15) is 20.8 Å². The number of likely N-dealkylation sites (N-methyl/N-ethyl adjacent to an activating group) is 1. The van der Waals surface area contributed by atoms with Crippen LogP contribution >= 0.6 is 11.3 Å². The van der Waals surface area contributed by atoms with E-state index in [0.717, 1.165) is 30.0 Å². The van der Waals surface area contributed by atoms with Crippen molar-refractivity contribution in [2.45, 2.75) is 13.0 Å². The number of ether oxygens (including phenoxy) is 1. The van der Waals surface area contributed by atoms with Gasteiger partial charge in [0.25, 0.3) is 0 Å². The quantitative estimate of drug-likeness (QED) is 0.631. The molecule has 1 aliphatic rings. The van der Waals surface area contributed by atoms with Crippen LogP contribution in [-0.4, -0.2) is 31.1 Å². The Bertz CT molecular complexity index is 487. The number of nitrogens with zero attached hydrogens (tertiary/aromatic N) is 1. The molecule has 0 saturated carbocycles. The van der Waals surface area contributed by atoms with Crippen LogP contribution in [0.5, 0.6) is 0 Å². The Labute approximate surface area is 104 Å². The molecule has 1 aromatic heterocycles. The molecule has 17 heavy (non-hydrogen) atoms. The Morgan fingerprint density at radius 1 is 1.71 bits per heavy atom. The predicted molar refractivity (Wildman–Crippen MR) is 67.9 cm³/mol. The average molecular weight is 250 g/mol. The van der Waals surface area contributed by atoms with Crippen LogP contribution in [0.3, 0.4) is 0 Å². The summed E-state index contributed by atoms with van der Waals surface area (Å²) in [5.74, 6) is 1.88. The Morgan fingerprint density at radius 3 is 3.18 bits per heavy atom. The fraction of sp³-hybridized carbons (Fsp3) is 0.417. The maximum Gasteiger partial charge on any atom is 0.342 e. The van der Waals surface area contributed by atoms with Crippen molar-refractivity contribution in [1.82, 2.24) is 4.90 Å². The highest BCUT2D eigenvalue weighted by Crippen LogP contribution is 2.35. The zero-order valence-corrected chi connectivity index (χ0v) is 10.5. The number of carbonyl (C=O) groups excluding carboxylic acids is 1. The van der Waals surface area contributed by atoms with Crippen LogP contribution in [0, 0.1) is 12.3 Å². The second kappa shape index (κ2) is 4.78. The summed E-state index contributed by atoms with van der Waals surface area (Å²) < 4.78 is 4.95. The van der Waals surface area contributed by atoms with E-state index in [2.05, 4.69) is 17.9 Å². The number of thiophene rings is 1. The minimum Gasteiger partial charge on any atom is -0.449 e. The van der Waals surface area contributed by atoms with E-state index in [1.54, 1.807) is 0 Å². The molecule has 5 heteroatoms. The summed E-state index contributed by atoms with van der Waals surface area (Å²) in [6.07, 6.45) is 5.90. The number of hydrogen-bond acceptors (Lipinski definition) is 5. The lowest BCUT2D eigenvalue weighted by Crippen LogP contribution is -2.26. The molecule has 0 fully saturated rings. The molecule has 0 radical (unpaired) electrons. The van der Waals surface area contributed by atoms with Crippen molar-refractivity contribution in [3.8, 4) is 12.3 Å². The molecule has 1 aromatic rings. The van der Waals surface area contributed by atoms with E-state index in [1.165, 1.54) is 11.3 Å². The van der Waals surface area contributed by atoms with Gasteiger partial charge in [-0.05, 0) is 19.0 Å². The molecule has 4 nitrogen and oxygen atoms in total. The number of fused-ring (bicyclic) bond motifs is 1. The van der Waals surface area contributed by atoms with Crippen molar-refractivity contribution < 1.29 is 9.53 Å². The molecule has 0 amide bonds. The third kappa shape index (κ3) is 2.28. The Hall–Kier alpha value is -1.51. The molecule has 1 aliphatic heterocycles. The van der Waals surface area contributed by atoms with Crippen LogP contribution in [0.2, 0.25) is 0 Å². The predicted octanol–water partition coefficient (Wildman–Crippen LogP) is 1.11. The van der Waals surface area contributed by atoms with E-state index >= 15 is 0 Å². The monoisotopic (exact) mass is 250 g/mol. The van der Waals surface area contributed by atoms with Crippen molar-refractivity contribution in [2.24, 2.45) is 0 Å². The fourth-order valence-corrected chi connectivity index (χ4v) is 3.14. The first-order valence-electron chi connectivity index (χ1n) is 5.32. The molecule has 0 aliphatic carbocycles. The molecular weight excluding hydrogens is 236 g/mol. The molecule has 0 bridgehead atoms. The Balaban J connectivity index is 2.29. The number of rotatable bonds is 2. The number of nitrogen functional groups attached to an aromatic ring is 1. The summed E-state index contributed by atoms with van der Waals surface area (Å²) in [5, 5.41) is 0.535. The minimum atomic E-state index is -0.400. The standard InChI is InChI=1S/C12H14N2O2S/c1-3-6-16-12(15)10-8-4-5-14(2)7-9(8)17-11(10)13/h1H,4-7,13H2,2H3. The highest BCUT2D eigenvalue weighted by atomic mass is 32.1. The van der Waals surface area contributed by atoms with E-state index in [-0.39, 0.29) is 6.61 Å². The van der Waals surface area contributed by atoms with Crippen molar-refractivity contribution in [1.29, 1.82) is 0 Å². The van der Waals surface area contributed by atoms with E-state index in [9.17, 15) is 4.79 Å². The summed E-state index contributed by atoms with van der Waals surface area (Å²) in [7, 11) is 2.05. The highest BCUT2D eigenvalue weighted by molar-refractivity contribution is 7.16. The van der Waals surface area contributed by atoms with Gasteiger partial charge >= 0.3 is 5.97 Å². The number of hydrogen-bond donors (Lipinski definition) is 1. The first-order valence-corrected chi connectivity index (χ1v) is 6.14. The van der Waals surface area contributed by atoms with Crippen LogP contribution in [0.4, 0.5) is 5.00 Å². The van der Waals surface area contributed by atoms with E-state index < -0.39 is 5.97 Å². The minimum absolute atomic E-state index is 0.0111. The molecule has 2 heterocycles. The van der Waals surface area contributed by atoms with Gasteiger partial charge in [-0.25, -0.2) is 4.79 Å². The maximum atomic E-state index is 11.8. The van der Waals surface area contributed by atoms with Gasteiger partial charge in [-0.15, -0.1) is 17.8 Å². The van der Waals surface area contributed by atoms with Gasteiger partial charge in [-0.1, -0.05) is 5.92 Å². The maximum absolute atomic E-state index is 11.8. The zero-order chi connectivity index (χ0) is 12.4. The number of esters is 1. The SMILES string of the molecule is C#CCOC(=O)c1c(N)sc2c1CCN(C)C2. The average Bonchev–Trinajstić information content (AvgIpc) is 2.61. The van der Waals surface area contributed by atoms with Crippen LogP contribution in [-0.2, 0) is 17.7 Å². The Kier molecular flexibility index (Phi) is 3.36. The second-order valence-corrected chi connectivity index (χ2v) is 5.15. The number of nitrogens with two attached hydrogens (primary N) is 1. The van der Waals surface area contributed by atoms with Crippen molar-refractivity contribution in [3.63, 3.8) is 0 Å². The van der Waals surface area contributed by atoms with E-state index in [1.807, 2.05) is 0 Å². The number of carbonyl (C=O) groups is 1. The molecule has 0 aromatic carbocycles. The number of anilines is 1. The summed E-state index contributed by atoms with van der Waals surface area (Å²) in [6, 6.07) is 0. The highest BCUT2D eigenvalue weighted by Gasteiger charge is 2.26. The van der Waals surface area contributed by atoms with Gasteiger partial charge in [0, 0.05) is 18.0 Å². The smallest absolute Gasteiger partial charge is 0.342 e. The molecule has 0 atom stereocenters. The van der Waals surface area contributed by atoms with Crippen molar-refractivity contribution in [2.75, 3.05) is 25.9 Å². The van der Waals surface area contributed by atoms with Gasteiger partial charge in [0.05, 0.1) is 5.56 Å². The summed E-state index contributed by atoms with van der Waals surface area (Å²) in [6.45, 7) is 1.76. The van der Waals surface area contributed by atoms with Gasteiger partial charge in [0.15, 0.2) is 6.61 Å². The van der Waals surface area contributed by atoms with Crippen LogP contribution < -0.4 is 5.73 Å². The summed E-state index contributed by atoms with van der Waals surface area (Å²) in [4.78, 5) is 15.2. The van der Waals surface area contributed by atoms with Crippen LogP contribution in [0.15, 0.2) is 0 Å². The van der Waals surface area contributed by atoms with Gasteiger partial charge in [0.1, 0.15) is 5.00 Å². The first kappa shape index (κ1) is 12.0. The zero-order valence-electron chi connectivity index (χ0n) is 9.66. The molecular formula is C12H14N2O2S. The second-order valence-electron chi connectivity index (χ2n) is 4.01. The molecule has 0 unspecified atom stereocenters. The molecule has 0 spiro atoms. The molecule has 2 N–H and O–H groups in total. The normalized spacial score (nSPS) is 15.1. The topological polar surface area (TPSA) is 55.6 Å². The lowest BCUT2D eigenvalue weighted by molar-refractivity contribution is 0.0556. The number of terminal acetylenes is 1. The van der Waals surface area contributed by atoms with Crippen molar-refractivity contribution >= 4 is 22.3 Å². The van der Waals surface area contributed by atoms with E-state index in [0.29, 0.717) is 10.6 Å². The third-order valence-corrected chi connectivity index (χ3v) is 3.81. The first-order chi connectivity index (χ1) is 8.13. The third-order valence-electron chi connectivity index (χ3n) is 2.77. The summed E-state index contributed by atoms with van der Waals surface area (Å²) >= 11 is 1.47. The van der Waals surface area contributed by atoms with E-state index in [4.69, 9.17) is 16.9 Å². The van der Waals surface area contributed by atoms with Gasteiger partial charge < -0.3 is 15.4 Å². The lowest BCUT2D eigenvalue weighted by Gasteiger charge is -2.22. The van der Waals surface area contributed by atoms with Crippen molar-refractivity contribution in [3.05, 3.63) is 16.0 Å². The largest absolute Gasteiger partial charge is 0.449 e. The summed E-state index contributed by atoms with van der Waals surface area (Å²) in [5.41, 5.74) is 7.44. The molecule has 2 rings (SSSR count).